The zero-order valence-corrected chi connectivity index (χ0v) is 13.0. The highest BCUT2D eigenvalue weighted by Gasteiger charge is 2.26. The number of benzene rings is 1. The third-order valence-corrected chi connectivity index (χ3v) is 3.64. The Labute approximate surface area is 118 Å². The molecule has 2 atom stereocenters. The fourth-order valence-corrected chi connectivity index (χ4v) is 2.58. The Hall–Kier alpha value is -0.900. The van der Waals surface area contributed by atoms with Crippen LogP contribution in [0.4, 0.5) is 0 Å². The highest BCUT2D eigenvalue weighted by Crippen LogP contribution is 2.23. The van der Waals surface area contributed by atoms with Crippen LogP contribution in [0, 0.1) is 5.92 Å². The molecule has 0 saturated heterocycles. The quantitative estimate of drug-likeness (QED) is 0.818. The van der Waals surface area contributed by atoms with Crippen LogP contribution in [0.15, 0.2) is 30.3 Å². The molecule has 2 unspecified atom stereocenters. The van der Waals surface area contributed by atoms with Gasteiger partial charge in [-0.25, -0.2) is 0 Å². The Bertz CT molecular complexity index is 348. The molecule has 1 aromatic carbocycles. The standard InChI is InChI=1S/C16H29N3/c1-13(2)16(19(5)12-11-18(3)4)15(17)14-9-7-6-8-10-14/h6-10,13,15-16H,11-12,17H2,1-5H3. The van der Waals surface area contributed by atoms with Crippen LogP contribution < -0.4 is 5.73 Å². The Morgan fingerprint density at radius 2 is 1.58 bits per heavy atom. The predicted octanol–water partition coefficient (Wildman–Crippen LogP) is 2.20. The summed E-state index contributed by atoms with van der Waals surface area (Å²) >= 11 is 0. The smallest absolute Gasteiger partial charge is 0.0455 e. The van der Waals surface area contributed by atoms with E-state index in [-0.39, 0.29) is 6.04 Å². The molecule has 0 spiro atoms. The van der Waals surface area contributed by atoms with Crippen LogP contribution in [-0.4, -0.2) is 50.1 Å². The minimum atomic E-state index is 0.0633. The van der Waals surface area contributed by atoms with E-state index in [0.717, 1.165) is 13.1 Å². The molecule has 1 aromatic rings. The van der Waals surface area contributed by atoms with Crippen molar-refractivity contribution in [1.82, 2.24) is 9.80 Å². The van der Waals surface area contributed by atoms with E-state index in [1.807, 2.05) is 6.07 Å². The second-order valence-electron chi connectivity index (χ2n) is 5.95. The topological polar surface area (TPSA) is 32.5 Å². The first-order valence-corrected chi connectivity index (χ1v) is 7.09. The summed E-state index contributed by atoms with van der Waals surface area (Å²) in [6.07, 6.45) is 0. The fraction of sp³-hybridized carbons (Fsp3) is 0.625. The van der Waals surface area contributed by atoms with Gasteiger partial charge in [0, 0.05) is 25.2 Å². The van der Waals surface area contributed by atoms with Gasteiger partial charge in [-0.1, -0.05) is 44.2 Å². The lowest BCUT2D eigenvalue weighted by atomic mass is 9.90. The first-order valence-electron chi connectivity index (χ1n) is 7.09. The molecule has 0 bridgehead atoms. The van der Waals surface area contributed by atoms with E-state index in [1.54, 1.807) is 0 Å². The van der Waals surface area contributed by atoms with Crippen molar-refractivity contribution in [1.29, 1.82) is 0 Å². The first-order chi connectivity index (χ1) is 8.93. The molecule has 0 aliphatic heterocycles. The van der Waals surface area contributed by atoms with Crippen molar-refractivity contribution < 1.29 is 0 Å². The number of hydrogen-bond donors (Lipinski definition) is 1. The normalized spacial score (nSPS) is 15.2. The number of nitrogens with two attached hydrogens (primary N) is 1. The molecule has 2 N–H and O–H groups in total. The van der Waals surface area contributed by atoms with Gasteiger partial charge in [0.05, 0.1) is 0 Å². The molecule has 0 aliphatic carbocycles. The van der Waals surface area contributed by atoms with E-state index in [4.69, 9.17) is 5.73 Å². The van der Waals surface area contributed by atoms with E-state index in [2.05, 4.69) is 69.1 Å². The van der Waals surface area contributed by atoms with Gasteiger partial charge >= 0.3 is 0 Å². The number of likely N-dealkylation sites (N-methyl/N-ethyl adjacent to an activating group) is 2. The van der Waals surface area contributed by atoms with Crippen LogP contribution in [0.1, 0.15) is 25.5 Å². The Morgan fingerprint density at radius 1 is 1.00 bits per heavy atom. The van der Waals surface area contributed by atoms with Crippen LogP contribution in [0.2, 0.25) is 0 Å². The van der Waals surface area contributed by atoms with Gasteiger partial charge in [-0.05, 0) is 32.6 Å². The molecule has 0 saturated carbocycles. The Balaban J connectivity index is 2.76. The Morgan fingerprint density at radius 3 is 2.05 bits per heavy atom. The van der Waals surface area contributed by atoms with Gasteiger partial charge in [-0.2, -0.15) is 0 Å². The summed E-state index contributed by atoms with van der Waals surface area (Å²) in [5, 5.41) is 0. The SMILES string of the molecule is CC(C)C(C(N)c1ccccc1)N(C)CCN(C)C. The van der Waals surface area contributed by atoms with Crippen molar-refractivity contribution in [3.05, 3.63) is 35.9 Å². The molecular formula is C16H29N3. The van der Waals surface area contributed by atoms with Gasteiger partial charge in [0.15, 0.2) is 0 Å². The summed E-state index contributed by atoms with van der Waals surface area (Å²) in [6, 6.07) is 10.8. The number of nitrogens with zero attached hydrogens (tertiary/aromatic N) is 2. The zero-order valence-electron chi connectivity index (χ0n) is 13.0. The second-order valence-corrected chi connectivity index (χ2v) is 5.95. The summed E-state index contributed by atoms with van der Waals surface area (Å²) in [5.74, 6) is 0.530. The summed E-state index contributed by atoms with van der Waals surface area (Å²) in [5.41, 5.74) is 7.71. The van der Waals surface area contributed by atoms with Crippen molar-refractivity contribution in [2.45, 2.75) is 25.9 Å². The van der Waals surface area contributed by atoms with Crippen LogP contribution in [0.25, 0.3) is 0 Å². The van der Waals surface area contributed by atoms with Gasteiger partial charge in [0.1, 0.15) is 0 Å². The van der Waals surface area contributed by atoms with E-state index >= 15 is 0 Å². The van der Waals surface area contributed by atoms with Crippen molar-refractivity contribution in [2.75, 3.05) is 34.2 Å². The van der Waals surface area contributed by atoms with Crippen molar-refractivity contribution in [3.8, 4) is 0 Å². The molecule has 0 amide bonds. The minimum absolute atomic E-state index is 0.0633. The third kappa shape index (κ3) is 4.94. The van der Waals surface area contributed by atoms with Crippen LogP contribution in [0.3, 0.4) is 0 Å². The largest absolute Gasteiger partial charge is 0.323 e. The Kier molecular flexibility index (Phi) is 6.49. The molecule has 19 heavy (non-hydrogen) atoms. The molecule has 0 aromatic heterocycles. The van der Waals surface area contributed by atoms with Crippen molar-refractivity contribution >= 4 is 0 Å². The van der Waals surface area contributed by atoms with Gasteiger partial charge < -0.3 is 15.5 Å². The van der Waals surface area contributed by atoms with Crippen LogP contribution in [0.5, 0.6) is 0 Å². The average Bonchev–Trinajstić information content (AvgIpc) is 2.37. The van der Waals surface area contributed by atoms with E-state index < -0.39 is 0 Å². The monoisotopic (exact) mass is 263 g/mol. The summed E-state index contributed by atoms with van der Waals surface area (Å²) in [4.78, 5) is 4.60. The second kappa shape index (κ2) is 7.63. The van der Waals surface area contributed by atoms with Crippen LogP contribution in [-0.2, 0) is 0 Å². The van der Waals surface area contributed by atoms with Gasteiger partial charge in [-0.15, -0.1) is 0 Å². The number of hydrogen-bond acceptors (Lipinski definition) is 3. The maximum Gasteiger partial charge on any atom is 0.0455 e. The highest BCUT2D eigenvalue weighted by molar-refractivity contribution is 5.20. The first kappa shape index (κ1) is 16.2. The van der Waals surface area contributed by atoms with Gasteiger partial charge in [0.2, 0.25) is 0 Å². The molecule has 3 nitrogen and oxygen atoms in total. The molecule has 3 heteroatoms. The third-order valence-electron chi connectivity index (χ3n) is 3.64. The fourth-order valence-electron chi connectivity index (χ4n) is 2.58. The summed E-state index contributed by atoms with van der Waals surface area (Å²) in [6.45, 7) is 6.59. The predicted molar refractivity (Wildman–Crippen MR) is 83.2 cm³/mol. The van der Waals surface area contributed by atoms with E-state index in [0.29, 0.717) is 12.0 Å². The maximum atomic E-state index is 6.49. The molecular weight excluding hydrogens is 234 g/mol. The molecule has 1 rings (SSSR count). The summed E-state index contributed by atoms with van der Waals surface area (Å²) in [7, 11) is 6.39. The lowest BCUT2D eigenvalue weighted by Gasteiger charge is -2.36. The van der Waals surface area contributed by atoms with E-state index in [9.17, 15) is 0 Å². The van der Waals surface area contributed by atoms with Gasteiger partial charge in [0.25, 0.3) is 0 Å². The molecule has 0 aliphatic rings. The average molecular weight is 263 g/mol. The maximum absolute atomic E-state index is 6.49. The van der Waals surface area contributed by atoms with Crippen LogP contribution >= 0.6 is 0 Å². The lowest BCUT2D eigenvalue weighted by molar-refractivity contribution is 0.151. The molecule has 0 heterocycles. The van der Waals surface area contributed by atoms with Crippen molar-refractivity contribution in [2.24, 2.45) is 11.7 Å². The van der Waals surface area contributed by atoms with E-state index in [1.165, 1.54) is 5.56 Å². The highest BCUT2D eigenvalue weighted by atomic mass is 15.2. The minimum Gasteiger partial charge on any atom is -0.323 e. The van der Waals surface area contributed by atoms with Gasteiger partial charge in [-0.3, -0.25) is 0 Å². The summed E-state index contributed by atoms with van der Waals surface area (Å²) < 4.78 is 0. The lowest BCUT2D eigenvalue weighted by Crippen LogP contribution is -2.46. The molecule has 108 valence electrons. The zero-order chi connectivity index (χ0) is 14.4. The van der Waals surface area contributed by atoms with Crippen molar-refractivity contribution in [3.63, 3.8) is 0 Å². The molecule has 0 fully saturated rings. The molecule has 0 radical (unpaired) electrons. The number of rotatable bonds is 7.